The van der Waals surface area contributed by atoms with Crippen molar-refractivity contribution in [3.63, 3.8) is 0 Å². The average molecular weight is 527 g/mol. The number of aromatic nitrogens is 1. The van der Waals surface area contributed by atoms with E-state index in [2.05, 4.69) is 4.57 Å². The van der Waals surface area contributed by atoms with Crippen molar-refractivity contribution < 1.29 is 23.1 Å². The van der Waals surface area contributed by atoms with E-state index in [1.807, 2.05) is 61.5 Å². The summed E-state index contributed by atoms with van der Waals surface area (Å²) in [6.07, 6.45) is -4.37. The van der Waals surface area contributed by atoms with Crippen LogP contribution in [0.4, 0.5) is 13.2 Å². The molecule has 1 fully saturated rings. The number of halogens is 4. The number of benzene rings is 3. The van der Waals surface area contributed by atoms with Crippen molar-refractivity contribution >= 4 is 28.4 Å². The molecule has 37 heavy (non-hydrogen) atoms. The summed E-state index contributed by atoms with van der Waals surface area (Å²) in [5.74, 6) is -0.144. The van der Waals surface area contributed by atoms with Crippen LogP contribution in [0.1, 0.15) is 45.6 Å². The van der Waals surface area contributed by atoms with Gasteiger partial charge in [-0.3, -0.25) is 4.79 Å². The maximum absolute atomic E-state index is 13.7. The second kappa shape index (κ2) is 9.54. The Bertz CT molecular complexity index is 1460. The number of hydrogen-bond donors (Lipinski definition) is 1. The van der Waals surface area contributed by atoms with Crippen LogP contribution >= 0.6 is 11.6 Å². The summed E-state index contributed by atoms with van der Waals surface area (Å²) >= 11 is 5.76. The lowest BCUT2D eigenvalue weighted by molar-refractivity contribution is -0.137. The van der Waals surface area contributed by atoms with Gasteiger partial charge in [0.2, 0.25) is 0 Å². The third-order valence-corrected chi connectivity index (χ3v) is 7.64. The molecule has 0 atom stereocenters. The Labute approximate surface area is 217 Å². The summed E-state index contributed by atoms with van der Waals surface area (Å²) in [5.41, 5.74) is 1.26. The number of amides is 1. The standard InChI is InChI=1S/C29H26ClF3N2O2/c1-19-26(22-9-5-6-10-25(22)35(19)18-20-7-3-2-4-8-20)27(36)34-15-13-28(37,14-16-34)21-11-12-24(30)23(17-21)29(31,32)33/h2-12,17,37H,13-16,18H2,1H3. The summed E-state index contributed by atoms with van der Waals surface area (Å²) in [5, 5.41) is 11.7. The molecular formula is C29H26ClF3N2O2. The highest BCUT2D eigenvalue weighted by atomic mass is 35.5. The SMILES string of the molecule is Cc1c(C(=O)N2CCC(O)(c3ccc(Cl)c(C(F)(F)F)c3)CC2)c2ccccc2n1Cc1ccccc1. The van der Waals surface area contributed by atoms with Crippen LogP contribution in [0.3, 0.4) is 0 Å². The average Bonchev–Trinajstić information content (AvgIpc) is 3.15. The first-order valence-corrected chi connectivity index (χ1v) is 12.5. The van der Waals surface area contributed by atoms with Gasteiger partial charge in [0.1, 0.15) is 0 Å². The molecule has 1 aliphatic heterocycles. The van der Waals surface area contributed by atoms with Crippen molar-refractivity contribution in [2.24, 2.45) is 0 Å². The Hall–Kier alpha value is -3.29. The maximum Gasteiger partial charge on any atom is 0.417 e. The number of piperidine rings is 1. The van der Waals surface area contributed by atoms with Gasteiger partial charge in [-0.2, -0.15) is 13.2 Å². The molecule has 0 aliphatic carbocycles. The largest absolute Gasteiger partial charge is 0.417 e. The summed E-state index contributed by atoms with van der Waals surface area (Å²) in [6.45, 7) is 3.00. The van der Waals surface area contributed by atoms with Gasteiger partial charge in [0.05, 0.1) is 21.8 Å². The highest BCUT2D eigenvalue weighted by molar-refractivity contribution is 6.31. The minimum Gasteiger partial charge on any atom is -0.385 e. The summed E-state index contributed by atoms with van der Waals surface area (Å²) < 4.78 is 42.2. The van der Waals surface area contributed by atoms with E-state index in [0.717, 1.165) is 28.2 Å². The van der Waals surface area contributed by atoms with Crippen LogP contribution < -0.4 is 0 Å². The third-order valence-electron chi connectivity index (χ3n) is 7.32. The van der Waals surface area contributed by atoms with Crippen LogP contribution in [0.25, 0.3) is 10.9 Å². The van der Waals surface area contributed by atoms with E-state index in [1.165, 1.54) is 12.1 Å². The van der Waals surface area contributed by atoms with Crippen LogP contribution in [0.15, 0.2) is 72.8 Å². The predicted octanol–water partition coefficient (Wildman–Crippen LogP) is 6.79. The lowest BCUT2D eigenvalue weighted by Gasteiger charge is -2.39. The van der Waals surface area contributed by atoms with E-state index in [1.54, 1.807) is 4.90 Å². The molecule has 4 nitrogen and oxygen atoms in total. The Morgan fingerprint density at radius 2 is 1.65 bits per heavy atom. The molecule has 2 heterocycles. The molecule has 1 N–H and O–H groups in total. The van der Waals surface area contributed by atoms with E-state index in [-0.39, 0.29) is 37.4 Å². The molecule has 8 heteroatoms. The second-order valence-electron chi connectivity index (χ2n) is 9.57. The highest BCUT2D eigenvalue weighted by Crippen LogP contribution is 2.40. The molecule has 0 radical (unpaired) electrons. The zero-order valence-corrected chi connectivity index (χ0v) is 21.0. The molecule has 3 aromatic carbocycles. The van der Waals surface area contributed by atoms with Gasteiger partial charge in [0, 0.05) is 36.2 Å². The van der Waals surface area contributed by atoms with E-state index in [0.29, 0.717) is 12.1 Å². The predicted molar refractivity (Wildman–Crippen MR) is 138 cm³/mol. The summed E-state index contributed by atoms with van der Waals surface area (Å²) in [7, 11) is 0. The lowest BCUT2D eigenvalue weighted by Crippen LogP contribution is -2.45. The molecule has 192 valence electrons. The molecular weight excluding hydrogens is 501 g/mol. The van der Waals surface area contributed by atoms with Crippen molar-refractivity contribution in [1.82, 2.24) is 9.47 Å². The van der Waals surface area contributed by atoms with E-state index in [9.17, 15) is 23.1 Å². The quantitative estimate of drug-likeness (QED) is 0.318. The zero-order chi connectivity index (χ0) is 26.4. The number of carbonyl (C=O) groups is 1. The minimum absolute atomic E-state index is 0.124. The molecule has 1 amide bonds. The fourth-order valence-corrected chi connectivity index (χ4v) is 5.45. The molecule has 0 bridgehead atoms. The van der Waals surface area contributed by atoms with Crippen LogP contribution in [0.5, 0.6) is 0 Å². The van der Waals surface area contributed by atoms with Crippen molar-refractivity contribution in [2.45, 2.75) is 38.1 Å². The molecule has 0 unspecified atom stereocenters. The van der Waals surface area contributed by atoms with Gasteiger partial charge in [-0.15, -0.1) is 0 Å². The molecule has 1 aromatic heterocycles. The summed E-state index contributed by atoms with van der Waals surface area (Å²) in [6, 6.07) is 21.3. The van der Waals surface area contributed by atoms with Gasteiger partial charge in [0.15, 0.2) is 0 Å². The second-order valence-corrected chi connectivity index (χ2v) is 9.97. The smallest absolute Gasteiger partial charge is 0.385 e. The van der Waals surface area contributed by atoms with Gasteiger partial charge in [-0.1, -0.05) is 66.2 Å². The lowest BCUT2D eigenvalue weighted by atomic mass is 9.83. The Morgan fingerprint density at radius 3 is 2.32 bits per heavy atom. The minimum atomic E-state index is -4.62. The zero-order valence-electron chi connectivity index (χ0n) is 20.2. The molecule has 0 saturated carbocycles. The van der Waals surface area contributed by atoms with E-state index >= 15 is 0 Å². The number of likely N-dealkylation sites (tertiary alicyclic amines) is 1. The molecule has 1 aliphatic rings. The van der Waals surface area contributed by atoms with Crippen LogP contribution in [-0.4, -0.2) is 33.6 Å². The number of para-hydroxylation sites is 1. The molecule has 1 saturated heterocycles. The van der Waals surface area contributed by atoms with Crippen LogP contribution in [-0.2, 0) is 18.3 Å². The number of alkyl halides is 3. The van der Waals surface area contributed by atoms with Crippen molar-refractivity contribution in [3.8, 4) is 0 Å². The van der Waals surface area contributed by atoms with Gasteiger partial charge in [-0.05, 0) is 49.1 Å². The van der Waals surface area contributed by atoms with E-state index < -0.39 is 22.4 Å². The number of fused-ring (bicyclic) bond motifs is 1. The normalized spacial score (nSPS) is 15.8. The maximum atomic E-state index is 13.7. The van der Waals surface area contributed by atoms with Gasteiger partial charge >= 0.3 is 6.18 Å². The first kappa shape index (κ1) is 25.4. The van der Waals surface area contributed by atoms with Gasteiger partial charge in [0.25, 0.3) is 5.91 Å². The van der Waals surface area contributed by atoms with Crippen LogP contribution in [0, 0.1) is 6.92 Å². The monoisotopic (exact) mass is 526 g/mol. The van der Waals surface area contributed by atoms with Crippen molar-refractivity contribution in [3.05, 3.63) is 106 Å². The number of nitrogens with zero attached hydrogens (tertiary/aromatic N) is 2. The number of hydrogen-bond acceptors (Lipinski definition) is 2. The third kappa shape index (κ3) is 4.74. The Kier molecular flexibility index (Phi) is 6.54. The number of carbonyl (C=O) groups excluding carboxylic acids is 1. The fourth-order valence-electron chi connectivity index (χ4n) is 5.23. The number of aliphatic hydroxyl groups is 1. The van der Waals surface area contributed by atoms with Gasteiger partial charge in [-0.25, -0.2) is 0 Å². The highest BCUT2D eigenvalue weighted by Gasteiger charge is 2.39. The fraction of sp³-hybridized carbons (Fsp3) is 0.276. The molecule has 4 aromatic rings. The Morgan fingerprint density at radius 1 is 1.00 bits per heavy atom. The molecule has 5 rings (SSSR count). The van der Waals surface area contributed by atoms with Gasteiger partial charge < -0.3 is 14.6 Å². The summed E-state index contributed by atoms with van der Waals surface area (Å²) in [4.78, 5) is 15.4. The van der Waals surface area contributed by atoms with Crippen LogP contribution in [0.2, 0.25) is 5.02 Å². The Balaban J connectivity index is 1.41. The van der Waals surface area contributed by atoms with E-state index in [4.69, 9.17) is 11.6 Å². The first-order valence-electron chi connectivity index (χ1n) is 12.1. The number of rotatable bonds is 4. The first-order chi connectivity index (χ1) is 17.6. The topological polar surface area (TPSA) is 45.5 Å². The van der Waals surface area contributed by atoms with Crippen molar-refractivity contribution in [1.29, 1.82) is 0 Å². The molecule has 0 spiro atoms. The van der Waals surface area contributed by atoms with Crippen molar-refractivity contribution in [2.75, 3.05) is 13.1 Å².